The van der Waals surface area contributed by atoms with Gasteiger partial charge in [-0.1, -0.05) is 12.1 Å². The van der Waals surface area contributed by atoms with Gasteiger partial charge in [0.15, 0.2) is 11.1 Å². The first kappa shape index (κ1) is 20.0. The predicted octanol–water partition coefficient (Wildman–Crippen LogP) is 2.98. The van der Waals surface area contributed by atoms with E-state index in [1.807, 2.05) is 48.0 Å². The van der Waals surface area contributed by atoms with Gasteiger partial charge in [0.25, 0.3) is 0 Å². The van der Waals surface area contributed by atoms with E-state index in [1.165, 1.54) is 0 Å². The lowest BCUT2D eigenvalue weighted by atomic mass is 10.3. The second-order valence-electron chi connectivity index (χ2n) is 6.75. The van der Waals surface area contributed by atoms with Gasteiger partial charge in [0.1, 0.15) is 11.5 Å². The van der Waals surface area contributed by atoms with Gasteiger partial charge < -0.3 is 25.0 Å². The van der Waals surface area contributed by atoms with Crippen molar-refractivity contribution in [1.82, 2.24) is 14.9 Å². The number of hydrogen-bond acceptors (Lipinski definition) is 7. The van der Waals surface area contributed by atoms with Crippen molar-refractivity contribution in [2.45, 2.75) is 6.54 Å². The Morgan fingerprint density at radius 1 is 1.13 bits per heavy atom. The van der Waals surface area contributed by atoms with Gasteiger partial charge in [-0.3, -0.25) is 0 Å². The molecule has 0 aliphatic carbocycles. The summed E-state index contributed by atoms with van der Waals surface area (Å²) in [6.07, 6.45) is 3.59. The molecule has 0 amide bonds. The maximum Gasteiger partial charge on any atom is 0.219 e. The summed E-state index contributed by atoms with van der Waals surface area (Å²) >= 11 is 1.66. The van der Waals surface area contributed by atoms with Gasteiger partial charge in [-0.25, -0.2) is 15.0 Å². The summed E-state index contributed by atoms with van der Waals surface area (Å²) in [4.78, 5) is 17.6. The maximum absolute atomic E-state index is 6.21. The Hall–Kier alpha value is -3.33. The van der Waals surface area contributed by atoms with Crippen molar-refractivity contribution < 1.29 is 9.47 Å². The summed E-state index contributed by atoms with van der Waals surface area (Å²) in [5, 5.41) is 3.06. The van der Waals surface area contributed by atoms with Crippen LogP contribution < -0.4 is 20.1 Å². The number of aromatic nitrogens is 2. The van der Waals surface area contributed by atoms with Crippen LogP contribution in [0.15, 0.2) is 59.2 Å². The standard InChI is InChI=1S/C21H24N6O2S/c1-28-17-3-2-4-18(13-17)29-19-6-5-16(14-24-19)15-25-20(22)26-8-10-27(11-9-26)21-23-7-12-30-21/h2-7,12-14H,8-11,15H2,1H3,(H2,22,25). The number of hydrogen-bond donors (Lipinski definition) is 1. The first-order valence-electron chi connectivity index (χ1n) is 9.67. The lowest BCUT2D eigenvalue weighted by molar-refractivity contribution is 0.380. The van der Waals surface area contributed by atoms with Gasteiger partial charge in [-0.15, -0.1) is 11.3 Å². The van der Waals surface area contributed by atoms with Gasteiger partial charge in [-0.2, -0.15) is 0 Å². The van der Waals surface area contributed by atoms with Crippen LogP contribution in [0.5, 0.6) is 17.4 Å². The molecule has 1 aromatic carbocycles. The van der Waals surface area contributed by atoms with E-state index in [0.29, 0.717) is 24.1 Å². The van der Waals surface area contributed by atoms with E-state index < -0.39 is 0 Å². The Bertz CT molecular complexity index is 969. The number of piperazine rings is 1. The number of benzene rings is 1. The minimum absolute atomic E-state index is 0.477. The molecule has 2 aromatic heterocycles. The largest absolute Gasteiger partial charge is 0.497 e. The lowest BCUT2D eigenvalue weighted by Crippen LogP contribution is -2.51. The van der Waals surface area contributed by atoms with Crippen molar-refractivity contribution in [3.63, 3.8) is 0 Å². The number of aliphatic imine (C=N–C) groups is 1. The molecule has 0 saturated carbocycles. The topological polar surface area (TPSA) is 89.1 Å². The van der Waals surface area contributed by atoms with Gasteiger partial charge >= 0.3 is 0 Å². The number of nitrogens with two attached hydrogens (primary N) is 1. The third-order valence-corrected chi connectivity index (χ3v) is 5.61. The van der Waals surface area contributed by atoms with Gasteiger partial charge in [0.2, 0.25) is 5.88 Å². The highest BCUT2D eigenvalue weighted by molar-refractivity contribution is 7.13. The average molecular weight is 425 g/mol. The smallest absolute Gasteiger partial charge is 0.219 e. The third kappa shape index (κ3) is 4.98. The van der Waals surface area contributed by atoms with Crippen molar-refractivity contribution in [3.8, 4) is 17.4 Å². The van der Waals surface area contributed by atoms with Crippen LogP contribution in [0, 0.1) is 0 Å². The second kappa shape index (κ2) is 9.45. The maximum atomic E-state index is 6.21. The molecule has 0 radical (unpaired) electrons. The quantitative estimate of drug-likeness (QED) is 0.481. The first-order chi connectivity index (χ1) is 14.7. The molecule has 30 heavy (non-hydrogen) atoms. The van der Waals surface area contributed by atoms with E-state index in [-0.39, 0.29) is 0 Å². The number of anilines is 1. The van der Waals surface area contributed by atoms with Gasteiger partial charge in [0.05, 0.1) is 13.7 Å². The molecule has 2 N–H and O–H groups in total. The van der Waals surface area contributed by atoms with Crippen molar-refractivity contribution >= 4 is 22.4 Å². The molecule has 0 spiro atoms. The Morgan fingerprint density at radius 3 is 2.67 bits per heavy atom. The highest BCUT2D eigenvalue weighted by atomic mass is 32.1. The first-order valence-corrected chi connectivity index (χ1v) is 10.6. The number of pyridine rings is 1. The predicted molar refractivity (Wildman–Crippen MR) is 119 cm³/mol. The zero-order valence-corrected chi connectivity index (χ0v) is 17.6. The fraction of sp³-hybridized carbons (Fsp3) is 0.286. The number of thiazole rings is 1. The van der Waals surface area contributed by atoms with E-state index >= 15 is 0 Å². The van der Waals surface area contributed by atoms with Crippen LogP contribution in [0.1, 0.15) is 5.56 Å². The molecular formula is C21H24N6O2S. The van der Waals surface area contributed by atoms with Crippen molar-refractivity contribution in [2.24, 2.45) is 10.7 Å². The molecule has 1 fully saturated rings. The van der Waals surface area contributed by atoms with Gasteiger partial charge in [-0.05, 0) is 17.7 Å². The van der Waals surface area contributed by atoms with Crippen LogP contribution in [-0.4, -0.2) is 54.1 Å². The SMILES string of the molecule is COc1cccc(Oc2ccc(CN=C(N)N3CCN(c4nccs4)CC3)cn2)c1. The summed E-state index contributed by atoms with van der Waals surface area (Å²) in [5.41, 5.74) is 7.18. The molecule has 4 rings (SSSR count). The number of nitrogens with zero attached hydrogens (tertiary/aromatic N) is 5. The zero-order chi connectivity index (χ0) is 20.8. The van der Waals surface area contributed by atoms with Crippen LogP contribution >= 0.6 is 11.3 Å². The van der Waals surface area contributed by atoms with Crippen LogP contribution in [0.3, 0.4) is 0 Å². The number of methoxy groups -OCH3 is 1. The van der Waals surface area contributed by atoms with E-state index in [4.69, 9.17) is 15.2 Å². The Balaban J connectivity index is 1.29. The third-order valence-electron chi connectivity index (χ3n) is 4.78. The van der Waals surface area contributed by atoms with E-state index in [9.17, 15) is 0 Å². The van der Waals surface area contributed by atoms with Crippen molar-refractivity contribution in [2.75, 3.05) is 38.2 Å². The second-order valence-corrected chi connectivity index (χ2v) is 7.62. The Kier molecular flexibility index (Phi) is 6.29. The van der Waals surface area contributed by atoms with Crippen LogP contribution in [-0.2, 0) is 6.54 Å². The molecule has 3 heterocycles. The van der Waals surface area contributed by atoms with E-state index in [0.717, 1.165) is 42.6 Å². The molecule has 0 atom stereocenters. The summed E-state index contributed by atoms with van der Waals surface area (Å²) in [6.45, 7) is 3.93. The fourth-order valence-corrected chi connectivity index (χ4v) is 3.82. The molecule has 1 aliphatic heterocycles. The fourth-order valence-electron chi connectivity index (χ4n) is 3.12. The van der Waals surface area contributed by atoms with E-state index in [1.54, 1.807) is 24.6 Å². The molecule has 8 nitrogen and oxygen atoms in total. The Labute approximate surface area is 179 Å². The number of ether oxygens (including phenoxy) is 2. The summed E-state index contributed by atoms with van der Waals surface area (Å²) in [7, 11) is 1.62. The summed E-state index contributed by atoms with van der Waals surface area (Å²) in [5.74, 6) is 2.49. The summed E-state index contributed by atoms with van der Waals surface area (Å²) < 4.78 is 11.0. The molecule has 9 heteroatoms. The highest BCUT2D eigenvalue weighted by Gasteiger charge is 2.19. The minimum atomic E-state index is 0.477. The molecular weight excluding hydrogens is 400 g/mol. The van der Waals surface area contributed by atoms with Crippen molar-refractivity contribution in [3.05, 3.63) is 59.7 Å². The van der Waals surface area contributed by atoms with Crippen LogP contribution in [0.2, 0.25) is 0 Å². The van der Waals surface area contributed by atoms with Crippen molar-refractivity contribution in [1.29, 1.82) is 0 Å². The lowest BCUT2D eigenvalue weighted by Gasteiger charge is -2.35. The highest BCUT2D eigenvalue weighted by Crippen LogP contribution is 2.24. The summed E-state index contributed by atoms with van der Waals surface area (Å²) in [6, 6.07) is 11.2. The number of rotatable bonds is 6. The molecule has 0 bridgehead atoms. The van der Waals surface area contributed by atoms with Crippen LogP contribution in [0.4, 0.5) is 5.13 Å². The Morgan fingerprint density at radius 2 is 1.97 bits per heavy atom. The van der Waals surface area contributed by atoms with E-state index in [2.05, 4.69) is 24.8 Å². The number of guanidine groups is 1. The molecule has 156 valence electrons. The molecule has 3 aromatic rings. The zero-order valence-electron chi connectivity index (χ0n) is 16.8. The monoisotopic (exact) mass is 424 g/mol. The van der Waals surface area contributed by atoms with Crippen LogP contribution in [0.25, 0.3) is 0 Å². The molecule has 1 aliphatic rings. The molecule has 1 saturated heterocycles. The minimum Gasteiger partial charge on any atom is -0.497 e. The average Bonchev–Trinajstić information content (AvgIpc) is 3.34. The normalized spacial score (nSPS) is 14.6. The van der Waals surface area contributed by atoms with Gasteiger partial charge in [0, 0.05) is 56.1 Å². The molecule has 0 unspecified atom stereocenters.